The van der Waals surface area contributed by atoms with Crippen molar-refractivity contribution in [3.05, 3.63) is 99.1 Å². The topological polar surface area (TPSA) is 113 Å². The Morgan fingerprint density at radius 1 is 1.24 bits per heavy atom. The van der Waals surface area contributed by atoms with Gasteiger partial charge in [-0.25, -0.2) is 9.79 Å². The highest BCUT2D eigenvalue weighted by molar-refractivity contribution is 9.10. The number of halogens is 1. The zero-order valence-electron chi connectivity index (χ0n) is 20.4. The van der Waals surface area contributed by atoms with Crippen LogP contribution in [0.2, 0.25) is 0 Å². The number of esters is 1. The molecule has 0 aliphatic carbocycles. The minimum atomic E-state index is -0.816. The fourth-order valence-corrected chi connectivity index (χ4v) is 5.58. The third-order valence-electron chi connectivity index (χ3n) is 5.78. The fraction of sp³-hybridized carbons (Fsp3) is 0.269. The number of methoxy groups -OCH3 is 1. The molecule has 0 spiro atoms. The maximum atomic E-state index is 13.8. The van der Waals surface area contributed by atoms with Crippen molar-refractivity contribution in [1.82, 2.24) is 4.57 Å². The predicted molar refractivity (Wildman–Crippen MR) is 143 cm³/mol. The molecule has 11 heteroatoms. The first-order valence-corrected chi connectivity index (χ1v) is 13.2. The van der Waals surface area contributed by atoms with Crippen molar-refractivity contribution < 1.29 is 19.2 Å². The quantitative estimate of drug-likeness (QED) is 0.222. The number of fused-ring (bicyclic) bond motifs is 1. The number of benzene rings is 2. The average molecular weight is 586 g/mol. The van der Waals surface area contributed by atoms with Crippen LogP contribution in [0.25, 0.3) is 6.08 Å². The van der Waals surface area contributed by atoms with E-state index in [-0.39, 0.29) is 17.9 Å². The summed E-state index contributed by atoms with van der Waals surface area (Å²) in [5, 5.41) is 11.0. The first-order valence-electron chi connectivity index (χ1n) is 11.6. The van der Waals surface area contributed by atoms with E-state index in [9.17, 15) is 19.7 Å². The van der Waals surface area contributed by atoms with Crippen molar-refractivity contribution >= 4 is 45.0 Å². The van der Waals surface area contributed by atoms with Gasteiger partial charge in [-0.3, -0.25) is 19.5 Å². The molecule has 0 amide bonds. The summed E-state index contributed by atoms with van der Waals surface area (Å²) in [5.74, 6) is -0.0240. The van der Waals surface area contributed by atoms with Gasteiger partial charge in [0.05, 0.1) is 34.4 Å². The first-order chi connectivity index (χ1) is 17.8. The number of nitro groups is 1. The zero-order chi connectivity index (χ0) is 26.7. The molecular weight excluding hydrogens is 562 g/mol. The lowest BCUT2D eigenvalue weighted by Crippen LogP contribution is -2.40. The van der Waals surface area contributed by atoms with Gasteiger partial charge in [-0.05, 0) is 55.3 Å². The standard InChI is InChI=1S/C26H24BrN3O6S/c1-4-6-19-22(25(32)36-5-2)23(18-14-16(27)9-12-20(18)35-3)29-24(31)21(37-26(29)28-19)13-15-7-10-17(11-8-15)30(33)34/h7-14,23H,4-6H2,1-3H3/b21-13+/t23-/m0/s1. The number of aromatic nitrogens is 1. The molecule has 192 valence electrons. The molecule has 1 aliphatic rings. The van der Waals surface area contributed by atoms with Crippen LogP contribution in [0.5, 0.6) is 5.75 Å². The van der Waals surface area contributed by atoms with Crippen LogP contribution in [-0.4, -0.2) is 29.2 Å². The van der Waals surface area contributed by atoms with E-state index in [1.54, 1.807) is 31.2 Å². The summed E-state index contributed by atoms with van der Waals surface area (Å²) in [5.41, 5.74) is 1.73. The highest BCUT2D eigenvalue weighted by Gasteiger charge is 2.36. The van der Waals surface area contributed by atoms with E-state index in [4.69, 9.17) is 14.5 Å². The van der Waals surface area contributed by atoms with Crippen molar-refractivity contribution in [3.63, 3.8) is 0 Å². The van der Waals surface area contributed by atoms with Crippen LogP contribution in [0.3, 0.4) is 0 Å². The summed E-state index contributed by atoms with van der Waals surface area (Å²) in [6.45, 7) is 3.89. The number of carbonyl (C=O) groups is 1. The van der Waals surface area contributed by atoms with Crippen molar-refractivity contribution in [2.75, 3.05) is 13.7 Å². The number of hydrogen-bond donors (Lipinski definition) is 0. The summed E-state index contributed by atoms with van der Waals surface area (Å²) >= 11 is 4.70. The minimum Gasteiger partial charge on any atom is -0.496 e. The lowest BCUT2D eigenvalue weighted by molar-refractivity contribution is -0.384. The fourth-order valence-electron chi connectivity index (χ4n) is 4.18. The molecular formula is C26H24BrN3O6S. The number of nitrogens with zero attached hydrogens (tertiary/aromatic N) is 3. The van der Waals surface area contributed by atoms with Crippen LogP contribution in [0.15, 0.2) is 68.0 Å². The number of carbonyl (C=O) groups excluding carboxylic acids is 1. The third-order valence-corrected chi connectivity index (χ3v) is 7.26. The third kappa shape index (κ3) is 5.28. The van der Waals surface area contributed by atoms with E-state index in [0.29, 0.717) is 43.9 Å². The molecule has 1 aromatic heterocycles. The smallest absolute Gasteiger partial charge is 0.338 e. The van der Waals surface area contributed by atoms with E-state index in [1.807, 2.05) is 19.1 Å². The summed E-state index contributed by atoms with van der Waals surface area (Å²) in [6, 6.07) is 10.5. The molecule has 0 unspecified atom stereocenters. The molecule has 0 saturated carbocycles. The molecule has 2 heterocycles. The molecule has 2 aromatic carbocycles. The Balaban J connectivity index is 2.01. The van der Waals surface area contributed by atoms with E-state index >= 15 is 0 Å². The molecule has 3 aromatic rings. The molecule has 0 fully saturated rings. The summed E-state index contributed by atoms with van der Waals surface area (Å²) in [4.78, 5) is 42.8. The number of thiazole rings is 1. The first kappa shape index (κ1) is 26.5. The molecule has 1 atom stereocenters. The lowest BCUT2D eigenvalue weighted by Gasteiger charge is -2.27. The van der Waals surface area contributed by atoms with Crippen molar-refractivity contribution in [3.8, 4) is 5.75 Å². The molecule has 0 bridgehead atoms. The van der Waals surface area contributed by atoms with E-state index < -0.39 is 16.9 Å². The van der Waals surface area contributed by atoms with E-state index in [0.717, 1.165) is 10.9 Å². The zero-order valence-corrected chi connectivity index (χ0v) is 22.8. The normalized spacial score (nSPS) is 15.2. The monoisotopic (exact) mass is 585 g/mol. The van der Waals surface area contributed by atoms with Gasteiger partial charge in [0, 0.05) is 22.2 Å². The van der Waals surface area contributed by atoms with Gasteiger partial charge in [0.25, 0.3) is 11.2 Å². The largest absolute Gasteiger partial charge is 0.496 e. The van der Waals surface area contributed by atoms with Crippen molar-refractivity contribution in [2.45, 2.75) is 32.7 Å². The highest BCUT2D eigenvalue weighted by atomic mass is 79.9. The van der Waals surface area contributed by atoms with Gasteiger partial charge in [-0.2, -0.15) is 0 Å². The van der Waals surface area contributed by atoms with Crippen LogP contribution in [0, 0.1) is 10.1 Å². The maximum absolute atomic E-state index is 13.8. The van der Waals surface area contributed by atoms with Gasteiger partial charge in [0.15, 0.2) is 4.80 Å². The number of non-ortho nitro benzene ring substituents is 1. The Morgan fingerprint density at radius 3 is 2.59 bits per heavy atom. The summed E-state index contributed by atoms with van der Waals surface area (Å²) in [6.07, 6.45) is 2.92. The maximum Gasteiger partial charge on any atom is 0.338 e. The molecule has 9 nitrogen and oxygen atoms in total. The second kappa shape index (κ2) is 11.2. The minimum absolute atomic E-state index is 0.0383. The predicted octanol–water partition coefficient (Wildman–Crippen LogP) is 4.26. The van der Waals surface area contributed by atoms with Crippen LogP contribution < -0.4 is 19.6 Å². The van der Waals surface area contributed by atoms with Crippen LogP contribution >= 0.6 is 27.3 Å². The van der Waals surface area contributed by atoms with Gasteiger partial charge < -0.3 is 9.47 Å². The molecule has 0 radical (unpaired) electrons. The van der Waals surface area contributed by atoms with Crippen LogP contribution in [0.1, 0.15) is 43.9 Å². The van der Waals surface area contributed by atoms with Crippen molar-refractivity contribution in [2.24, 2.45) is 4.99 Å². The Bertz CT molecular complexity index is 1570. The highest BCUT2D eigenvalue weighted by Crippen LogP contribution is 2.38. The van der Waals surface area contributed by atoms with Gasteiger partial charge >= 0.3 is 5.97 Å². The number of rotatable bonds is 8. The Labute approximate surface area is 224 Å². The Hall–Kier alpha value is -3.57. The molecule has 1 aliphatic heterocycles. The second-order valence-electron chi connectivity index (χ2n) is 8.15. The molecule has 4 rings (SSSR count). The molecule has 0 saturated heterocycles. The average Bonchev–Trinajstić information content (AvgIpc) is 3.18. The van der Waals surface area contributed by atoms with Gasteiger partial charge in [0.2, 0.25) is 0 Å². The molecule has 37 heavy (non-hydrogen) atoms. The molecule has 0 N–H and O–H groups in total. The lowest BCUT2D eigenvalue weighted by atomic mass is 9.93. The summed E-state index contributed by atoms with van der Waals surface area (Å²) in [7, 11) is 1.53. The van der Waals surface area contributed by atoms with E-state index in [2.05, 4.69) is 15.9 Å². The number of ether oxygens (including phenoxy) is 2. The number of allylic oxidation sites excluding steroid dienone is 1. The Kier molecular flexibility index (Phi) is 8.03. The van der Waals surface area contributed by atoms with Crippen LogP contribution in [-0.2, 0) is 9.53 Å². The van der Waals surface area contributed by atoms with Gasteiger partial charge in [-0.1, -0.05) is 40.6 Å². The van der Waals surface area contributed by atoms with E-state index in [1.165, 1.54) is 35.1 Å². The van der Waals surface area contributed by atoms with Gasteiger partial charge in [0.1, 0.15) is 11.8 Å². The summed E-state index contributed by atoms with van der Waals surface area (Å²) < 4.78 is 13.7. The second-order valence-corrected chi connectivity index (χ2v) is 10.1. The van der Waals surface area contributed by atoms with Gasteiger partial charge in [-0.15, -0.1) is 0 Å². The van der Waals surface area contributed by atoms with Crippen molar-refractivity contribution in [1.29, 1.82) is 0 Å². The SMILES string of the molecule is CCCC1=C(C(=O)OCC)[C@H](c2cc(Br)ccc2OC)n2c(s/c(=C/c3ccc([N+](=O)[O-])cc3)c2=O)=N1. The Morgan fingerprint density at radius 2 is 1.97 bits per heavy atom. The van der Waals surface area contributed by atoms with Crippen LogP contribution in [0.4, 0.5) is 5.69 Å². The number of hydrogen-bond acceptors (Lipinski definition) is 8. The number of nitro benzene ring substituents is 1.